The van der Waals surface area contributed by atoms with Gasteiger partial charge >= 0.3 is 0 Å². The van der Waals surface area contributed by atoms with Gasteiger partial charge in [-0.2, -0.15) is 0 Å². The summed E-state index contributed by atoms with van der Waals surface area (Å²) < 4.78 is 0. The number of hydrogen-bond acceptors (Lipinski definition) is 0. The topological polar surface area (TPSA) is 0 Å². The van der Waals surface area contributed by atoms with E-state index in [0.717, 1.165) is 0 Å². The zero-order chi connectivity index (χ0) is 23.2. The summed E-state index contributed by atoms with van der Waals surface area (Å²) in [6.45, 7) is 9.62. The molecule has 7 rings (SSSR count). The maximum atomic E-state index is 2.41. The Morgan fingerprint density at radius 1 is 0.441 bits per heavy atom. The first-order valence-electron chi connectivity index (χ1n) is 12.3. The van der Waals surface area contributed by atoms with Crippen molar-refractivity contribution in [2.24, 2.45) is 0 Å². The second-order valence-electron chi connectivity index (χ2n) is 11.0. The Bertz CT molecular complexity index is 1630. The van der Waals surface area contributed by atoms with Crippen molar-refractivity contribution in [1.29, 1.82) is 0 Å². The van der Waals surface area contributed by atoms with E-state index >= 15 is 0 Å². The Balaban J connectivity index is 1.56. The Morgan fingerprint density at radius 3 is 1.74 bits per heavy atom. The van der Waals surface area contributed by atoms with Gasteiger partial charge in [0.15, 0.2) is 0 Å². The third-order valence-electron chi connectivity index (χ3n) is 8.42. The molecule has 34 heavy (non-hydrogen) atoms. The molecular formula is C34H28. The van der Waals surface area contributed by atoms with Crippen LogP contribution in [0.1, 0.15) is 49.9 Å². The van der Waals surface area contributed by atoms with Crippen LogP contribution >= 0.6 is 0 Å². The lowest BCUT2D eigenvalue weighted by molar-refractivity contribution is 0.651. The van der Waals surface area contributed by atoms with E-state index in [-0.39, 0.29) is 10.8 Å². The zero-order valence-electron chi connectivity index (χ0n) is 20.2. The van der Waals surface area contributed by atoms with Gasteiger partial charge in [0.2, 0.25) is 0 Å². The first-order valence-corrected chi connectivity index (χ1v) is 12.3. The van der Waals surface area contributed by atoms with E-state index in [1.165, 1.54) is 66.4 Å². The number of fused-ring (bicyclic) bond motifs is 9. The van der Waals surface area contributed by atoms with Gasteiger partial charge in [-0.25, -0.2) is 0 Å². The molecule has 0 fully saturated rings. The largest absolute Gasteiger partial charge is 0.0622 e. The van der Waals surface area contributed by atoms with Crippen molar-refractivity contribution in [2.75, 3.05) is 0 Å². The van der Waals surface area contributed by atoms with Crippen LogP contribution in [-0.2, 0) is 10.8 Å². The van der Waals surface area contributed by atoms with Crippen molar-refractivity contribution >= 4 is 10.8 Å². The monoisotopic (exact) mass is 436 g/mol. The first-order chi connectivity index (χ1) is 16.4. The van der Waals surface area contributed by atoms with Crippen molar-refractivity contribution in [3.63, 3.8) is 0 Å². The fourth-order valence-corrected chi connectivity index (χ4v) is 6.82. The molecule has 0 aliphatic heterocycles. The van der Waals surface area contributed by atoms with Crippen molar-refractivity contribution in [3.05, 3.63) is 119 Å². The Morgan fingerprint density at radius 2 is 1.03 bits per heavy atom. The summed E-state index contributed by atoms with van der Waals surface area (Å²) in [5.74, 6) is 0. The molecule has 0 heteroatoms. The van der Waals surface area contributed by atoms with Crippen LogP contribution in [0.5, 0.6) is 0 Å². The lowest BCUT2D eigenvalue weighted by Gasteiger charge is -2.28. The van der Waals surface area contributed by atoms with Crippen LogP contribution in [0.2, 0.25) is 0 Å². The van der Waals surface area contributed by atoms with E-state index in [4.69, 9.17) is 0 Å². The van der Waals surface area contributed by atoms with Crippen molar-refractivity contribution in [3.8, 4) is 33.4 Å². The fourth-order valence-electron chi connectivity index (χ4n) is 6.82. The lowest BCUT2D eigenvalue weighted by atomic mass is 9.74. The quantitative estimate of drug-likeness (QED) is 0.246. The molecule has 0 saturated carbocycles. The normalized spacial score (nSPS) is 16.1. The SMILES string of the molecule is CC1(C)c2ccccc2-c2ccc3ccc4c(c3c21)C(C)(C)c1ccc(-c2ccccc2)cc1-4. The summed E-state index contributed by atoms with van der Waals surface area (Å²) in [6.07, 6.45) is 0. The molecule has 0 nitrogen and oxygen atoms in total. The zero-order valence-corrected chi connectivity index (χ0v) is 20.2. The maximum Gasteiger partial charge on any atom is 0.0165 e. The van der Waals surface area contributed by atoms with Crippen LogP contribution in [-0.4, -0.2) is 0 Å². The second-order valence-corrected chi connectivity index (χ2v) is 11.0. The van der Waals surface area contributed by atoms with E-state index in [1.807, 2.05) is 0 Å². The van der Waals surface area contributed by atoms with Crippen LogP contribution in [0.25, 0.3) is 44.2 Å². The average Bonchev–Trinajstić information content (AvgIpc) is 3.24. The van der Waals surface area contributed by atoms with Crippen LogP contribution < -0.4 is 0 Å². The molecule has 2 aliphatic rings. The third-order valence-corrected chi connectivity index (χ3v) is 8.42. The molecule has 0 spiro atoms. The first kappa shape index (κ1) is 19.8. The molecular weight excluding hydrogens is 408 g/mol. The highest BCUT2D eigenvalue weighted by Gasteiger charge is 2.42. The predicted molar refractivity (Wildman–Crippen MR) is 145 cm³/mol. The molecule has 5 aromatic rings. The molecule has 0 radical (unpaired) electrons. The second kappa shape index (κ2) is 6.48. The van der Waals surface area contributed by atoms with E-state index < -0.39 is 0 Å². The van der Waals surface area contributed by atoms with Gasteiger partial charge in [-0.05, 0) is 72.5 Å². The molecule has 0 amide bonds. The number of rotatable bonds is 1. The molecule has 0 heterocycles. The van der Waals surface area contributed by atoms with Crippen molar-refractivity contribution in [2.45, 2.75) is 38.5 Å². The van der Waals surface area contributed by atoms with E-state index in [2.05, 4.69) is 125 Å². The van der Waals surface area contributed by atoms with Crippen LogP contribution in [0.15, 0.2) is 97.1 Å². The highest BCUT2D eigenvalue weighted by molar-refractivity contribution is 6.05. The van der Waals surface area contributed by atoms with Gasteiger partial charge in [0.05, 0.1) is 0 Å². The minimum absolute atomic E-state index is 0.0272. The number of hydrogen-bond donors (Lipinski definition) is 0. The van der Waals surface area contributed by atoms with Crippen molar-refractivity contribution in [1.82, 2.24) is 0 Å². The molecule has 0 aromatic heterocycles. The third kappa shape index (κ3) is 2.38. The van der Waals surface area contributed by atoms with E-state index in [9.17, 15) is 0 Å². The number of benzene rings is 5. The molecule has 0 unspecified atom stereocenters. The van der Waals surface area contributed by atoms with Crippen LogP contribution in [0.4, 0.5) is 0 Å². The Hall–Kier alpha value is -3.64. The Kier molecular flexibility index (Phi) is 3.77. The summed E-state index contributed by atoms with van der Waals surface area (Å²) >= 11 is 0. The molecule has 0 saturated heterocycles. The molecule has 0 atom stereocenters. The lowest BCUT2D eigenvalue weighted by Crippen LogP contribution is -2.19. The average molecular weight is 437 g/mol. The highest BCUT2D eigenvalue weighted by Crippen LogP contribution is 2.57. The standard InChI is InChI=1S/C34H28/c1-33(2)28-13-9-8-12-24(28)25-17-14-22-15-18-26-27-20-23(21-10-6-5-7-11-21)16-19-29(27)34(3,4)32(26)30(22)31(25)33/h5-20H,1-4H3. The van der Waals surface area contributed by atoms with Gasteiger partial charge in [-0.15, -0.1) is 0 Å². The van der Waals surface area contributed by atoms with Gasteiger partial charge in [-0.3, -0.25) is 0 Å². The summed E-state index contributed by atoms with van der Waals surface area (Å²) in [7, 11) is 0. The smallest absolute Gasteiger partial charge is 0.0165 e. The highest BCUT2D eigenvalue weighted by atomic mass is 14.4. The molecule has 0 bridgehead atoms. The summed E-state index contributed by atoms with van der Waals surface area (Å²) in [5, 5.41) is 2.81. The van der Waals surface area contributed by atoms with Gasteiger partial charge in [-0.1, -0.05) is 119 Å². The molecule has 2 aliphatic carbocycles. The summed E-state index contributed by atoms with van der Waals surface area (Å²) in [5.41, 5.74) is 13.9. The van der Waals surface area contributed by atoms with E-state index in [0.29, 0.717) is 0 Å². The summed E-state index contributed by atoms with van der Waals surface area (Å²) in [6, 6.07) is 36.2. The van der Waals surface area contributed by atoms with Gasteiger partial charge < -0.3 is 0 Å². The van der Waals surface area contributed by atoms with E-state index in [1.54, 1.807) is 0 Å². The minimum Gasteiger partial charge on any atom is -0.0622 e. The molecule has 0 N–H and O–H groups in total. The molecule has 5 aromatic carbocycles. The van der Waals surface area contributed by atoms with Gasteiger partial charge in [0.25, 0.3) is 0 Å². The van der Waals surface area contributed by atoms with Crippen LogP contribution in [0.3, 0.4) is 0 Å². The Labute approximate surface area is 201 Å². The predicted octanol–water partition coefficient (Wildman–Crippen LogP) is 9.12. The summed E-state index contributed by atoms with van der Waals surface area (Å²) in [4.78, 5) is 0. The fraction of sp³-hybridized carbons (Fsp3) is 0.176. The van der Waals surface area contributed by atoms with Gasteiger partial charge in [0.1, 0.15) is 0 Å². The van der Waals surface area contributed by atoms with Crippen molar-refractivity contribution < 1.29 is 0 Å². The minimum atomic E-state index is -0.0562. The maximum absolute atomic E-state index is 2.41. The van der Waals surface area contributed by atoms with Crippen LogP contribution in [0, 0.1) is 0 Å². The molecule has 164 valence electrons. The van der Waals surface area contributed by atoms with Gasteiger partial charge in [0, 0.05) is 10.8 Å².